The number of carboxylic acid groups (broad SMARTS) is 1. The molecule has 1 aromatic heterocycles. The summed E-state index contributed by atoms with van der Waals surface area (Å²) in [6.07, 6.45) is -2.51. The van der Waals surface area contributed by atoms with Gasteiger partial charge in [-0.2, -0.15) is 4.99 Å². The van der Waals surface area contributed by atoms with Crippen molar-refractivity contribution < 1.29 is 19.5 Å². The van der Waals surface area contributed by atoms with Gasteiger partial charge in [-0.15, -0.1) is 15.0 Å². The molecule has 0 atom stereocenters. The third kappa shape index (κ3) is 6.10. The van der Waals surface area contributed by atoms with E-state index in [1.807, 2.05) is 24.3 Å². The monoisotopic (exact) mass is 509 g/mol. The van der Waals surface area contributed by atoms with E-state index in [1.54, 1.807) is 24.2 Å². The van der Waals surface area contributed by atoms with Crippen molar-refractivity contribution in [2.75, 3.05) is 31.1 Å². The van der Waals surface area contributed by atoms with Crippen LogP contribution >= 0.6 is 11.6 Å². The van der Waals surface area contributed by atoms with Crippen LogP contribution in [0, 0.1) is 0 Å². The molecule has 2 amide bonds. The number of aliphatic imine (C=N–C) groups is 3. The number of guanidine groups is 1. The van der Waals surface area contributed by atoms with Gasteiger partial charge in [0.15, 0.2) is 5.96 Å². The average molecular weight is 510 g/mol. The number of benzene rings is 2. The maximum Gasteiger partial charge on any atom is 0.462 e. The molecule has 184 valence electrons. The Morgan fingerprint density at radius 1 is 1.06 bits per heavy atom. The topological polar surface area (TPSA) is 185 Å². The Morgan fingerprint density at radius 3 is 2.56 bits per heavy atom. The van der Waals surface area contributed by atoms with Gasteiger partial charge in [-0.05, 0) is 30.3 Å². The summed E-state index contributed by atoms with van der Waals surface area (Å²) in [7, 11) is 0. The number of halogens is 1. The van der Waals surface area contributed by atoms with Crippen molar-refractivity contribution in [2.45, 2.75) is 0 Å². The molecule has 1 fully saturated rings. The van der Waals surface area contributed by atoms with Crippen LogP contribution in [0.3, 0.4) is 0 Å². The van der Waals surface area contributed by atoms with Crippen LogP contribution in [-0.2, 0) is 4.84 Å². The predicted octanol–water partition coefficient (Wildman–Crippen LogP) is 2.88. The van der Waals surface area contributed by atoms with Crippen LogP contribution in [0.15, 0.2) is 57.4 Å². The van der Waals surface area contributed by atoms with Crippen molar-refractivity contribution >= 4 is 58.3 Å². The lowest BCUT2D eigenvalue weighted by atomic mass is 10.1. The summed E-state index contributed by atoms with van der Waals surface area (Å²) in [6, 6.07) is 14.8. The number of rotatable bonds is 4. The number of anilines is 1. The fourth-order valence-corrected chi connectivity index (χ4v) is 3.77. The number of amides is 2. The molecule has 13 nitrogen and oxygen atoms in total. The summed E-state index contributed by atoms with van der Waals surface area (Å²) in [6.45, 7) is 1.92. The molecule has 14 heteroatoms. The molecule has 0 unspecified atom stereocenters. The van der Waals surface area contributed by atoms with E-state index in [2.05, 4.69) is 29.8 Å². The van der Waals surface area contributed by atoms with Gasteiger partial charge < -0.3 is 26.3 Å². The summed E-state index contributed by atoms with van der Waals surface area (Å²) >= 11 is 6.23. The van der Waals surface area contributed by atoms with Gasteiger partial charge in [0.05, 0.1) is 24.3 Å². The molecule has 3 aromatic rings. The van der Waals surface area contributed by atoms with Crippen molar-refractivity contribution in [1.82, 2.24) is 15.0 Å². The maximum absolute atomic E-state index is 11.7. The van der Waals surface area contributed by atoms with Gasteiger partial charge >= 0.3 is 12.2 Å². The van der Waals surface area contributed by atoms with E-state index in [4.69, 9.17) is 33.0 Å². The molecule has 0 saturated carbocycles. The molecule has 1 aliphatic rings. The Labute approximate surface area is 209 Å². The second-order valence-electron chi connectivity index (χ2n) is 7.50. The highest BCUT2D eigenvalue weighted by Gasteiger charge is 2.21. The molecule has 2 aromatic carbocycles. The van der Waals surface area contributed by atoms with Gasteiger partial charge in [-0.25, -0.2) is 19.6 Å². The van der Waals surface area contributed by atoms with Gasteiger partial charge in [0, 0.05) is 34.7 Å². The molecule has 0 radical (unpaired) electrons. The van der Waals surface area contributed by atoms with Gasteiger partial charge in [-0.1, -0.05) is 23.7 Å². The first-order valence-corrected chi connectivity index (χ1v) is 10.9. The summed E-state index contributed by atoms with van der Waals surface area (Å²) < 4.78 is 0. The first-order valence-electron chi connectivity index (χ1n) is 10.6. The van der Waals surface area contributed by atoms with Crippen LogP contribution < -0.4 is 16.4 Å². The molecule has 5 N–H and O–H groups in total. The van der Waals surface area contributed by atoms with Crippen LogP contribution in [0.4, 0.5) is 21.2 Å². The highest BCUT2D eigenvalue weighted by molar-refractivity contribution is 6.31. The lowest BCUT2D eigenvalue weighted by Gasteiger charge is -2.34. The van der Waals surface area contributed by atoms with E-state index in [0.717, 1.165) is 16.6 Å². The molecule has 0 spiro atoms. The van der Waals surface area contributed by atoms with Crippen LogP contribution in [0.2, 0.25) is 5.02 Å². The van der Waals surface area contributed by atoms with E-state index in [0.29, 0.717) is 42.4 Å². The molecule has 1 saturated heterocycles. The number of carbonyl (C=O) groups is 2. The third-order valence-electron chi connectivity index (χ3n) is 5.09. The smallest absolute Gasteiger partial charge is 0.462 e. The SMILES string of the molecule is NC(N)=Nc1nc(-c2cccc(N3CCN(OC(=O)N=C=NC(=O)O)CC3)c2)c2cc(Cl)ccc2n1. The Hall–Kier alpha value is -4.58. The minimum absolute atomic E-state index is 0.136. The summed E-state index contributed by atoms with van der Waals surface area (Å²) in [5.41, 5.74) is 14.1. The van der Waals surface area contributed by atoms with Gasteiger partial charge in [0.25, 0.3) is 5.95 Å². The average Bonchev–Trinajstić information content (AvgIpc) is 2.84. The minimum atomic E-state index is -1.51. The number of nitrogens with zero attached hydrogens (tertiary/aromatic N) is 7. The highest BCUT2D eigenvalue weighted by atomic mass is 35.5. The molecule has 36 heavy (non-hydrogen) atoms. The van der Waals surface area contributed by atoms with Crippen molar-refractivity contribution in [3.8, 4) is 11.3 Å². The van der Waals surface area contributed by atoms with Crippen LogP contribution in [0.1, 0.15) is 0 Å². The summed E-state index contributed by atoms with van der Waals surface area (Å²) in [5.74, 6) is -0.0156. The number of carbonyl (C=O) groups excluding carboxylic acids is 1. The number of aromatic nitrogens is 2. The van der Waals surface area contributed by atoms with Crippen molar-refractivity contribution in [2.24, 2.45) is 26.4 Å². The highest BCUT2D eigenvalue weighted by Crippen LogP contribution is 2.32. The minimum Gasteiger partial charge on any atom is -0.463 e. The molecular formula is C22H20ClN9O4. The quantitative estimate of drug-likeness (QED) is 0.348. The Morgan fingerprint density at radius 2 is 1.83 bits per heavy atom. The molecule has 4 rings (SSSR count). The van der Waals surface area contributed by atoms with Gasteiger partial charge in [0.2, 0.25) is 0 Å². The number of piperazine rings is 1. The molecule has 1 aliphatic heterocycles. The van der Waals surface area contributed by atoms with Gasteiger partial charge in [0.1, 0.15) is 6.01 Å². The van der Waals surface area contributed by atoms with Crippen LogP contribution in [0.5, 0.6) is 0 Å². The zero-order valence-corrected chi connectivity index (χ0v) is 19.5. The normalized spacial score (nSPS) is 13.5. The zero-order chi connectivity index (χ0) is 25.7. The lowest BCUT2D eigenvalue weighted by molar-refractivity contribution is -0.0983. The summed E-state index contributed by atoms with van der Waals surface area (Å²) in [5, 5.41) is 11.1. The predicted molar refractivity (Wildman–Crippen MR) is 134 cm³/mol. The molecule has 0 bridgehead atoms. The van der Waals surface area contributed by atoms with Crippen LogP contribution in [0.25, 0.3) is 22.2 Å². The first kappa shape index (κ1) is 24.5. The number of hydrogen-bond donors (Lipinski definition) is 3. The Balaban J connectivity index is 1.54. The molecular weight excluding hydrogens is 490 g/mol. The van der Waals surface area contributed by atoms with Crippen LogP contribution in [-0.4, -0.2) is 70.5 Å². The number of hydroxylamine groups is 2. The molecule has 2 heterocycles. The fraction of sp³-hybridized carbons (Fsp3) is 0.182. The van der Waals surface area contributed by atoms with Crippen molar-refractivity contribution in [3.05, 3.63) is 47.5 Å². The lowest BCUT2D eigenvalue weighted by Crippen LogP contribution is -2.46. The largest absolute Gasteiger partial charge is 0.463 e. The fourth-order valence-electron chi connectivity index (χ4n) is 3.60. The van der Waals surface area contributed by atoms with E-state index >= 15 is 0 Å². The third-order valence-corrected chi connectivity index (χ3v) is 5.33. The maximum atomic E-state index is 11.7. The van der Waals surface area contributed by atoms with Crippen molar-refractivity contribution in [3.63, 3.8) is 0 Å². The standard InChI is InChI=1S/C22H20ClN9O4/c23-14-4-5-17-16(11-14)18(29-20(28-17)30-19(24)25)13-2-1-3-15(10-13)31-6-8-32(9-7-31)36-22(35)27-12-26-21(33)34/h1-5,10-11H,6-9H2,(H,33,34)(H4,24,25,28,29,30). The van der Waals surface area contributed by atoms with E-state index in [-0.39, 0.29) is 11.9 Å². The number of hydrogen-bond acceptors (Lipinski definition) is 8. The van der Waals surface area contributed by atoms with E-state index in [9.17, 15) is 9.59 Å². The number of nitrogens with two attached hydrogens (primary N) is 2. The van der Waals surface area contributed by atoms with E-state index in [1.165, 1.54) is 5.06 Å². The van der Waals surface area contributed by atoms with E-state index < -0.39 is 12.2 Å². The Bertz CT molecular complexity index is 1410. The van der Waals surface area contributed by atoms with Gasteiger partial charge in [-0.3, -0.25) is 0 Å². The Kier molecular flexibility index (Phi) is 7.35. The first-order chi connectivity index (χ1) is 17.3. The number of fused-ring (bicyclic) bond motifs is 1. The zero-order valence-electron chi connectivity index (χ0n) is 18.7. The summed E-state index contributed by atoms with van der Waals surface area (Å²) in [4.78, 5) is 48.1. The second kappa shape index (κ2) is 10.8. The van der Waals surface area contributed by atoms with Crippen molar-refractivity contribution in [1.29, 1.82) is 0 Å². The second-order valence-corrected chi connectivity index (χ2v) is 7.94. The molecule has 0 aliphatic carbocycles.